The molecule has 0 bridgehead atoms. The Morgan fingerprint density at radius 2 is 1.97 bits per heavy atom. The van der Waals surface area contributed by atoms with Crippen molar-refractivity contribution in [1.29, 1.82) is 0 Å². The van der Waals surface area contributed by atoms with Crippen molar-refractivity contribution in [2.75, 3.05) is 43.5 Å². The highest BCUT2D eigenvalue weighted by atomic mass is 19.1. The molecule has 2 aliphatic heterocycles. The highest BCUT2D eigenvalue weighted by Gasteiger charge is 2.34. The summed E-state index contributed by atoms with van der Waals surface area (Å²) in [6.07, 6.45) is 2.95. The summed E-state index contributed by atoms with van der Waals surface area (Å²) < 4.78 is 24.3. The van der Waals surface area contributed by atoms with Crippen LogP contribution in [0.5, 0.6) is 5.75 Å². The molecule has 1 amide bonds. The third kappa shape index (κ3) is 4.73. The van der Waals surface area contributed by atoms with Crippen LogP contribution in [0.3, 0.4) is 0 Å². The third-order valence-electron chi connectivity index (χ3n) is 5.32. The molecular formula is C20H24FN5O3. The molecule has 4 rings (SSSR count). The second-order valence-corrected chi connectivity index (χ2v) is 7.26. The van der Waals surface area contributed by atoms with Crippen molar-refractivity contribution in [3.63, 3.8) is 0 Å². The van der Waals surface area contributed by atoms with Gasteiger partial charge < -0.3 is 25.0 Å². The Kier molecular flexibility index (Phi) is 5.75. The van der Waals surface area contributed by atoms with E-state index in [1.807, 2.05) is 4.90 Å². The predicted molar refractivity (Wildman–Crippen MR) is 105 cm³/mol. The number of morpholine rings is 1. The first-order valence-electron chi connectivity index (χ1n) is 9.70. The number of hydrogen-bond acceptors (Lipinski definition) is 7. The number of hydrogen-bond donors (Lipinski definition) is 1. The molecule has 9 heteroatoms. The van der Waals surface area contributed by atoms with Crippen molar-refractivity contribution < 1.29 is 18.7 Å². The second-order valence-electron chi connectivity index (χ2n) is 7.26. The second kappa shape index (κ2) is 8.60. The maximum atomic E-state index is 13.0. The molecule has 2 aliphatic rings. The van der Waals surface area contributed by atoms with E-state index in [0.717, 1.165) is 31.7 Å². The van der Waals surface area contributed by atoms with Crippen LogP contribution in [0.15, 0.2) is 36.7 Å². The first-order valence-corrected chi connectivity index (χ1v) is 9.70. The Morgan fingerprint density at radius 3 is 2.69 bits per heavy atom. The number of nitrogens with zero attached hydrogens (tertiary/aromatic N) is 4. The fourth-order valence-electron chi connectivity index (χ4n) is 3.76. The SMILES string of the molecule is Nc1cc(N2CCC(N3CC(COc4ccc(F)cc4)OCC3=O)CC2)ncn1. The summed E-state index contributed by atoms with van der Waals surface area (Å²) in [5, 5.41) is 0. The topological polar surface area (TPSA) is 93.8 Å². The lowest BCUT2D eigenvalue weighted by atomic mass is 10.0. The van der Waals surface area contributed by atoms with Crippen LogP contribution >= 0.6 is 0 Å². The van der Waals surface area contributed by atoms with Gasteiger partial charge in [-0.25, -0.2) is 14.4 Å². The number of nitrogens with two attached hydrogens (primary N) is 1. The zero-order valence-corrected chi connectivity index (χ0v) is 16.0. The van der Waals surface area contributed by atoms with Gasteiger partial charge in [0, 0.05) is 25.2 Å². The van der Waals surface area contributed by atoms with Crippen molar-refractivity contribution in [2.24, 2.45) is 0 Å². The van der Waals surface area contributed by atoms with E-state index in [2.05, 4.69) is 14.9 Å². The molecule has 2 fully saturated rings. The number of carbonyl (C=O) groups excluding carboxylic acids is 1. The number of halogens is 1. The van der Waals surface area contributed by atoms with Crippen molar-refractivity contribution in [3.8, 4) is 5.75 Å². The lowest BCUT2D eigenvalue weighted by molar-refractivity contribution is -0.154. The Labute approximate surface area is 168 Å². The molecule has 2 saturated heterocycles. The third-order valence-corrected chi connectivity index (χ3v) is 5.32. The Hall–Kier alpha value is -2.94. The molecule has 2 aromatic rings. The van der Waals surface area contributed by atoms with Crippen molar-refractivity contribution >= 4 is 17.5 Å². The quantitative estimate of drug-likeness (QED) is 0.811. The average Bonchev–Trinajstić information content (AvgIpc) is 2.74. The molecule has 2 N–H and O–H groups in total. The van der Waals surface area contributed by atoms with Crippen molar-refractivity contribution in [3.05, 3.63) is 42.5 Å². The molecule has 154 valence electrons. The molecule has 0 spiro atoms. The summed E-state index contributed by atoms with van der Waals surface area (Å²) in [6.45, 7) is 2.45. The van der Waals surface area contributed by atoms with Gasteiger partial charge in [-0.2, -0.15) is 0 Å². The van der Waals surface area contributed by atoms with Gasteiger partial charge in [0.2, 0.25) is 5.91 Å². The van der Waals surface area contributed by atoms with Crippen LogP contribution in [0.2, 0.25) is 0 Å². The zero-order chi connectivity index (χ0) is 20.2. The van der Waals surface area contributed by atoms with E-state index in [9.17, 15) is 9.18 Å². The molecule has 29 heavy (non-hydrogen) atoms. The standard InChI is InChI=1S/C20H24FN5O3/c21-14-1-3-16(4-2-14)28-11-17-10-26(20(27)12-29-17)15-5-7-25(8-6-15)19-9-18(22)23-13-24-19/h1-4,9,13,15,17H,5-8,10-12H2,(H2,22,23,24). The number of anilines is 2. The Morgan fingerprint density at radius 1 is 1.21 bits per heavy atom. The molecule has 1 unspecified atom stereocenters. The van der Waals surface area contributed by atoms with Gasteiger partial charge in [0.05, 0.1) is 6.54 Å². The van der Waals surface area contributed by atoms with Crippen molar-refractivity contribution in [2.45, 2.75) is 25.0 Å². The Bertz CT molecular complexity index is 842. The molecule has 0 aliphatic carbocycles. The highest BCUT2D eigenvalue weighted by Crippen LogP contribution is 2.24. The molecular weight excluding hydrogens is 377 g/mol. The molecule has 1 aromatic heterocycles. The van der Waals surface area contributed by atoms with E-state index in [1.165, 1.54) is 18.5 Å². The summed E-state index contributed by atoms with van der Waals surface area (Å²) in [5.74, 6) is 1.54. The minimum absolute atomic E-state index is 0.00719. The van der Waals surface area contributed by atoms with Crippen molar-refractivity contribution in [1.82, 2.24) is 14.9 Å². The number of benzene rings is 1. The summed E-state index contributed by atoms with van der Waals surface area (Å²) in [7, 11) is 0. The van der Waals surface area contributed by atoms with Crippen LogP contribution in [0.4, 0.5) is 16.0 Å². The predicted octanol–water partition coefficient (Wildman–Crippen LogP) is 1.47. The minimum atomic E-state index is -0.306. The summed E-state index contributed by atoms with van der Waals surface area (Å²) in [6, 6.07) is 7.80. The smallest absolute Gasteiger partial charge is 0.248 e. The van der Waals surface area contributed by atoms with Crippen LogP contribution < -0.4 is 15.4 Å². The van der Waals surface area contributed by atoms with Gasteiger partial charge in [-0.15, -0.1) is 0 Å². The number of amides is 1. The van der Waals surface area contributed by atoms with E-state index < -0.39 is 0 Å². The Balaban J connectivity index is 1.31. The van der Waals surface area contributed by atoms with Crippen LogP contribution in [0.25, 0.3) is 0 Å². The van der Waals surface area contributed by atoms with Gasteiger partial charge in [0.1, 0.15) is 48.8 Å². The van der Waals surface area contributed by atoms with Gasteiger partial charge in [-0.3, -0.25) is 4.79 Å². The monoisotopic (exact) mass is 401 g/mol. The van der Waals surface area contributed by atoms with Crippen LogP contribution in [0, 0.1) is 5.82 Å². The van der Waals surface area contributed by atoms with Gasteiger partial charge in [-0.1, -0.05) is 0 Å². The number of ether oxygens (including phenoxy) is 2. The average molecular weight is 401 g/mol. The van der Waals surface area contributed by atoms with E-state index in [1.54, 1.807) is 18.2 Å². The highest BCUT2D eigenvalue weighted by molar-refractivity contribution is 5.78. The van der Waals surface area contributed by atoms with Crippen LogP contribution in [-0.2, 0) is 9.53 Å². The zero-order valence-electron chi connectivity index (χ0n) is 16.0. The summed E-state index contributed by atoms with van der Waals surface area (Å²) in [4.78, 5) is 24.7. The fourth-order valence-corrected chi connectivity index (χ4v) is 3.76. The van der Waals surface area contributed by atoms with Gasteiger partial charge in [0.15, 0.2) is 0 Å². The summed E-state index contributed by atoms with van der Waals surface area (Å²) >= 11 is 0. The van der Waals surface area contributed by atoms with E-state index >= 15 is 0 Å². The molecule has 1 atom stereocenters. The first-order chi connectivity index (χ1) is 14.1. The normalized spacial score (nSPS) is 20.7. The molecule has 3 heterocycles. The van der Waals surface area contributed by atoms with E-state index in [-0.39, 0.29) is 30.5 Å². The lowest BCUT2D eigenvalue weighted by Crippen LogP contribution is -2.55. The first kappa shape index (κ1) is 19.4. The number of rotatable bonds is 5. The van der Waals surface area contributed by atoms with E-state index in [4.69, 9.17) is 15.2 Å². The number of carbonyl (C=O) groups is 1. The summed E-state index contributed by atoms with van der Waals surface area (Å²) in [5.41, 5.74) is 5.75. The largest absolute Gasteiger partial charge is 0.491 e. The molecule has 0 radical (unpaired) electrons. The fraction of sp³-hybridized carbons (Fsp3) is 0.450. The molecule has 1 aromatic carbocycles. The van der Waals surface area contributed by atoms with Gasteiger partial charge in [-0.05, 0) is 37.1 Å². The van der Waals surface area contributed by atoms with Crippen LogP contribution in [-0.4, -0.2) is 65.8 Å². The minimum Gasteiger partial charge on any atom is -0.491 e. The van der Waals surface area contributed by atoms with Crippen LogP contribution in [0.1, 0.15) is 12.8 Å². The number of piperidine rings is 1. The molecule has 0 saturated carbocycles. The lowest BCUT2D eigenvalue weighted by Gasteiger charge is -2.42. The van der Waals surface area contributed by atoms with Gasteiger partial charge >= 0.3 is 0 Å². The number of nitrogen functional groups attached to an aromatic ring is 1. The van der Waals surface area contributed by atoms with Gasteiger partial charge in [0.25, 0.3) is 0 Å². The maximum absolute atomic E-state index is 13.0. The van der Waals surface area contributed by atoms with E-state index in [0.29, 0.717) is 24.7 Å². The maximum Gasteiger partial charge on any atom is 0.248 e. The molecule has 8 nitrogen and oxygen atoms in total. The number of aromatic nitrogens is 2.